The predicted molar refractivity (Wildman–Crippen MR) is 123 cm³/mol. The minimum Gasteiger partial charge on any atom is -0.354 e. The standard InChI is InChI=1S/C26H24FN3O2/c27-22-12-10-19(11-13-22)16-25(31)28-14-15-29-26(32)24-17-21-8-4-5-9-23(21)30(24)18-20-6-2-1-3-7-20/h1-13,17H,14-16,18H2,(H,28,31)(H,29,32). The normalized spacial score (nSPS) is 10.8. The quantitative estimate of drug-likeness (QED) is 0.417. The molecule has 3 aromatic carbocycles. The molecule has 1 heterocycles. The van der Waals surface area contributed by atoms with Crippen LogP contribution in [-0.4, -0.2) is 29.5 Å². The molecule has 0 aliphatic carbocycles. The van der Waals surface area contributed by atoms with Crippen LogP contribution in [0.25, 0.3) is 10.9 Å². The third kappa shape index (κ3) is 5.21. The lowest BCUT2D eigenvalue weighted by Crippen LogP contribution is -2.36. The lowest BCUT2D eigenvalue weighted by atomic mass is 10.1. The van der Waals surface area contributed by atoms with Crippen LogP contribution in [0.3, 0.4) is 0 Å². The number of fused-ring (bicyclic) bond motifs is 1. The number of halogens is 1. The molecule has 0 fully saturated rings. The van der Waals surface area contributed by atoms with E-state index in [1.807, 2.05) is 65.2 Å². The van der Waals surface area contributed by atoms with Gasteiger partial charge in [0, 0.05) is 30.5 Å². The number of carbonyl (C=O) groups is 2. The van der Waals surface area contributed by atoms with Crippen molar-refractivity contribution in [2.75, 3.05) is 13.1 Å². The minimum atomic E-state index is -0.332. The fourth-order valence-electron chi connectivity index (χ4n) is 3.65. The van der Waals surface area contributed by atoms with Crippen LogP contribution in [0.15, 0.2) is 84.9 Å². The van der Waals surface area contributed by atoms with Gasteiger partial charge in [0.15, 0.2) is 0 Å². The van der Waals surface area contributed by atoms with Crippen LogP contribution in [0.1, 0.15) is 21.6 Å². The molecule has 6 heteroatoms. The van der Waals surface area contributed by atoms with Crippen molar-refractivity contribution in [3.8, 4) is 0 Å². The highest BCUT2D eigenvalue weighted by atomic mass is 19.1. The molecular formula is C26H24FN3O2. The molecule has 4 rings (SSSR count). The number of rotatable bonds is 8. The van der Waals surface area contributed by atoms with Crippen molar-refractivity contribution in [3.63, 3.8) is 0 Å². The molecule has 2 amide bonds. The van der Waals surface area contributed by atoms with Crippen molar-refractivity contribution in [1.29, 1.82) is 0 Å². The maximum absolute atomic E-state index is 13.0. The minimum absolute atomic E-state index is 0.166. The van der Waals surface area contributed by atoms with Crippen LogP contribution in [0.2, 0.25) is 0 Å². The van der Waals surface area contributed by atoms with E-state index >= 15 is 0 Å². The van der Waals surface area contributed by atoms with Crippen molar-refractivity contribution >= 4 is 22.7 Å². The highest BCUT2D eigenvalue weighted by Gasteiger charge is 2.15. The fraction of sp³-hybridized carbons (Fsp3) is 0.154. The van der Waals surface area contributed by atoms with Gasteiger partial charge in [-0.3, -0.25) is 9.59 Å². The van der Waals surface area contributed by atoms with E-state index in [0.29, 0.717) is 25.3 Å². The van der Waals surface area contributed by atoms with Crippen LogP contribution in [0, 0.1) is 5.82 Å². The van der Waals surface area contributed by atoms with Crippen LogP contribution in [-0.2, 0) is 17.8 Å². The molecule has 0 aliphatic heterocycles. The van der Waals surface area contributed by atoms with Crippen molar-refractivity contribution in [2.45, 2.75) is 13.0 Å². The van der Waals surface area contributed by atoms with E-state index in [-0.39, 0.29) is 24.1 Å². The summed E-state index contributed by atoms with van der Waals surface area (Å²) in [5, 5.41) is 6.67. The zero-order chi connectivity index (χ0) is 22.3. The van der Waals surface area contributed by atoms with E-state index in [2.05, 4.69) is 10.6 Å². The van der Waals surface area contributed by atoms with E-state index in [0.717, 1.165) is 22.0 Å². The molecule has 0 bridgehead atoms. The number of nitrogens with one attached hydrogen (secondary N) is 2. The van der Waals surface area contributed by atoms with Gasteiger partial charge in [0.1, 0.15) is 11.5 Å². The Morgan fingerprint density at radius 1 is 0.781 bits per heavy atom. The first-order valence-electron chi connectivity index (χ1n) is 10.5. The molecule has 5 nitrogen and oxygen atoms in total. The molecule has 1 aromatic heterocycles. The van der Waals surface area contributed by atoms with Gasteiger partial charge in [-0.2, -0.15) is 0 Å². The fourth-order valence-corrected chi connectivity index (χ4v) is 3.65. The Balaban J connectivity index is 1.36. The average Bonchev–Trinajstić information content (AvgIpc) is 3.17. The van der Waals surface area contributed by atoms with Crippen molar-refractivity contribution in [2.24, 2.45) is 0 Å². The smallest absolute Gasteiger partial charge is 0.268 e. The summed E-state index contributed by atoms with van der Waals surface area (Å²) in [6, 6.07) is 25.6. The summed E-state index contributed by atoms with van der Waals surface area (Å²) in [6.07, 6.45) is 0.166. The van der Waals surface area contributed by atoms with Gasteiger partial charge in [-0.1, -0.05) is 60.7 Å². The Bertz CT molecular complexity index is 1220. The van der Waals surface area contributed by atoms with Gasteiger partial charge >= 0.3 is 0 Å². The van der Waals surface area contributed by atoms with E-state index in [1.54, 1.807) is 12.1 Å². The summed E-state index contributed by atoms with van der Waals surface area (Å²) < 4.78 is 15.0. The first kappa shape index (κ1) is 21.3. The molecule has 0 aliphatic rings. The number of benzene rings is 3. The number of aromatic nitrogens is 1. The third-order valence-corrected chi connectivity index (χ3v) is 5.24. The number of carbonyl (C=O) groups excluding carboxylic acids is 2. The number of hydrogen-bond donors (Lipinski definition) is 2. The predicted octanol–water partition coefficient (Wildman–Crippen LogP) is 3.92. The molecule has 0 unspecified atom stereocenters. The van der Waals surface area contributed by atoms with Crippen molar-refractivity contribution < 1.29 is 14.0 Å². The van der Waals surface area contributed by atoms with Crippen LogP contribution < -0.4 is 10.6 Å². The first-order valence-corrected chi connectivity index (χ1v) is 10.5. The maximum atomic E-state index is 13.0. The van der Waals surface area contributed by atoms with E-state index in [4.69, 9.17) is 0 Å². The highest BCUT2D eigenvalue weighted by molar-refractivity contribution is 5.98. The van der Waals surface area contributed by atoms with Gasteiger partial charge < -0.3 is 15.2 Å². The summed E-state index contributed by atoms with van der Waals surface area (Å²) >= 11 is 0. The van der Waals surface area contributed by atoms with Crippen molar-refractivity contribution in [3.05, 3.63) is 108 Å². The zero-order valence-electron chi connectivity index (χ0n) is 17.6. The van der Waals surface area contributed by atoms with Gasteiger partial charge in [0.25, 0.3) is 5.91 Å². The molecular weight excluding hydrogens is 405 g/mol. The maximum Gasteiger partial charge on any atom is 0.268 e. The van der Waals surface area contributed by atoms with Crippen LogP contribution in [0.4, 0.5) is 4.39 Å². The Labute approximate surface area is 185 Å². The number of hydrogen-bond acceptors (Lipinski definition) is 2. The van der Waals surface area contributed by atoms with E-state index < -0.39 is 0 Å². The molecule has 162 valence electrons. The van der Waals surface area contributed by atoms with Gasteiger partial charge in [0.2, 0.25) is 5.91 Å². The summed E-state index contributed by atoms with van der Waals surface area (Å²) in [4.78, 5) is 25.0. The van der Waals surface area contributed by atoms with Crippen LogP contribution in [0.5, 0.6) is 0 Å². The second-order valence-corrected chi connectivity index (χ2v) is 7.57. The third-order valence-electron chi connectivity index (χ3n) is 5.24. The molecule has 0 atom stereocenters. The van der Waals surface area contributed by atoms with Gasteiger partial charge in [-0.25, -0.2) is 4.39 Å². The Kier molecular flexibility index (Phi) is 6.60. The van der Waals surface area contributed by atoms with Crippen molar-refractivity contribution in [1.82, 2.24) is 15.2 Å². The average molecular weight is 429 g/mol. The number of para-hydroxylation sites is 1. The first-order chi connectivity index (χ1) is 15.6. The van der Waals surface area contributed by atoms with Gasteiger partial charge in [-0.15, -0.1) is 0 Å². The summed E-state index contributed by atoms with van der Waals surface area (Å²) in [5.74, 6) is -0.699. The Morgan fingerprint density at radius 3 is 2.25 bits per heavy atom. The zero-order valence-corrected chi connectivity index (χ0v) is 17.6. The van der Waals surface area contributed by atoms with Gasteiger partial charge in [0.05, 0.1) is 6.42 Å². The molecule has 0 radical (unpaired) electrons. The van der Waals surface area contributed by atoms with E-state index in [1.165, 1.54) is 12.1 Å². The molecule has 2 N–H and O–H groups in total. The highest BCUT2D eigenvalue weighted by Crippen LogP contribution is 2.21. The monoisotopic (exact) mass is 429 g/mol. The summed E-state index contributed by atoms with van der Waals surface area (Å²) in [5.41, 5.74) is 3.41. The summed E-state index contributed by atoms with van der Waals surface area (Å²) in [7, 11) is 0. The molecule has 0 saturated heterocycles. The molecule has 0 saturated carbocycles. The Morgan fingerprint density at radius 2 is 1.47 bits per heavy atom. The number of amides is 2. The Hall–Kier alpha value is -3.93. The lowest BCUT2D eigenvalue weighted by molar-refractivity contribution is -0.120. The topological polar surface area (TPSA) is 63.1 Å². The summed E-state index contributed by atoms with van der Waals surface area (Å²) in [6.45, 7) is 1.21. The molecule has 0 spiro atoms. The molecule has 4 aromatic rings. The van der Waals surface area contributed by atoms with Gasteiger partial charge in [-0.05, 0) is 35.4 Å². The SMILES string of the molecule is O=C(Cc1ccc(F)cc1)NCCNC(=O)c1cc2ccccc2n1Cc1ccccc1. The lowest BCUT2D eigenvalue weighted by Gasteiger charge is -2.12. The number of nitrogens with zero attached hydrogens (tertiary/aromatic N) is 1. The molecule has 32 heavy (non-hydrogen) atoms. The largest absolute Gasteiger partial charge is 0.354 e. The second kappa shape index (κ2) is 9.92. The van der Waals surface area contributed by atoms with E-state index in [9.17, 15) is 14.0 Å². The second-order valence-electron chi connectivity index (χ2n) is 7.57. The van der Waals surface area contributed by atoms with Crippen LogP contribution >= 0.6 is 0 Å².